The van der Waals surface area contributed by atoms with E-state index in [9.17, 15) is 19.8 Å². The normalized spacial score (nSPS) is 24.1. The summed E-state index contributed by atoms with van der Waals surface area (Å²) in [6.45, 7) is 3.25. The summed E-state index contributed by atoms with van der Waals surface area (Å²) in [6, 6.07) is 9.96. The number of benzene rings is 1. The molecule has 0 bridgehead atoms. The third-order valence-corrected chi connectivity index (χ3v) is 4.28. The quantitative estimate of drug-likeness (QED) is 0.585. The number of ether oxygens (including phenoxy) is 2. The van der Waals surface area contributed by atoms with E-state index in [0.717, 1.165) is 4.57 Å². The Morgan fingerprint density at radius 3 is 2.75 bits per heavy atom. The summed E-state index contributed by atoms with van der Waals surface area (Å²) in [5, 5.41) is 22.2. The molecule has 1 aromatic heterocycles. The molecule has 3 N–H and O–H groups in total. The monoisotopic (exact) mass is 387 g/mol. The molecule has 1 saturated heterocycles. The number of carbonyl (C=O) groups is 1. The largest absolute Gasteiger partial charge is 0.394 e. The van der Waals surface area contributed by atoms with Crippen LogP contribution in [0.5, 0.6) is 0 Å². The molecule has 1 aliphatic rings. The number of aliphatic hydroxyl groups is 2. The van der Waals surface area contributed by atoms with Gasteiger partial charge in [0.05, 0.1) is 13.2 Å². The Balaban J connectivity index is 1.80. The molecular formula is C19H21N3O6. The highest BCUT2D eigenvalue weighted by Crippen LogP contribution is 2.30. The maximum atomic E-state index is 12.5. The molecule has 1 aromatic carbocycles. The molecule has 0 radical (unpaired) electrons. The van der Waals surface area contributed by atoms with Crippen LogP contribution in [0, 0.1) is 0 Å². The van der Waals surface area contributed by atoms with E-state index in [2.05, 4.69) is 16.9 Å². The molecule has 0 spiro atoms. The van der Waals surface area contributed by atoms with Crippen molar-refractivity contribution in [2.75, 3.05) is 18.5 Å². The molecule has 2 aromatic rings. The zero-order valence-electron chi connectivity index (χ0n) is 15.0. The molecule has 0 saturated carbocycles. The average Bonchev–Trinajstić information content (AvgIpc) is 3.02. The third-order valence-electron chi connectivity index (χ3n) is 4.28. The number of aromatic nitrogens is 2. The Bertz CT molecular complexity index is 885. The number of hydrogen-bond donors (Lipinski definition) is 3. The van der Waals surface area contributed by atoms with Crippen molar-refractivity contribution in [2.45, 2.75) is 24.5 Å². The van der Waals surface area contributed by atoms with Crippen molar-refractivity contribution in [3.63, 3.8) is 0 Å². The first kappa shape index (κ1) is 19.9. The number of aliphatic hydroxyl groups excluding tert-OH is 2. The predicted molar refractivity (Wildman–Crippen MR) is 99.8 cm³/mol. The van der Waals surface area contributed by atoms with Crippen molar-refractivity contribution >= 4 is 11.7 Å². The Kier molecular flexibility index (Phi) is 6.32. The van der Waals surface area contributed by atoms with E-state index < -0.39 is 42.7 Å². The summed E-state index contributed by atoms with van der Waals surface area (Å²) in [6.07, 6.45) is -1.01. The minimum Gasteiger partial charge on any atom is -0.394 e. The lowest BCUT2D eigenvalue weighted by Crippen LogP contribution is -2.38. The van der Waals surface area contributed by atoms with Crippen LogP contribution in [-0.2, 0) is 9.47 Å². The van der Waals surface area contributed by atoms with Gasteiger partial charge in [0.1, 0.15) is 24.1 Å². The number of rotatable bonds is 7. The van der Waals surface area contributed by atoms with Gasteiger partial charge in [-0.1, -0.05) is 24.3 Å². The highest BCUT2D eigenvalue weighted by molar-refractivity contribution is 6.03. The maximum Gasteiger partial charge on any atom is 0.351 e. The van der Waals surface area contributed by atoms with Gasteiger partial charge in [0.25, 0.3) is 5.91 Å². The lowest BCUT2D eigenvalue weighted by atomic mass is 10.1. The first-order chi connectivity index (χ1) is 13.5. The second-order valence-electron chi connectivity index (χ2n) is 6.15. The number of nitrogens with one attached hydrogen (secondary N) is 1. The summed E-state index contributed by atoms with van der Waals surface area (Å²) in [5.74, 6) is -0.318. The molecule has 1 fully saturated rings. The minimum atomic E-state index is -1.13. The van der Waals surface area contributed by atoms with Gasteiger partial charge >= 0.3 is 5.69 Å². The molecule has 28 heavy (non-hydrogen) atoms. The standard InChI is InChI=1S/C19H21N3O6/c1-2-10-27-16-15(24)13(11-23)28-18(16)22-9-8-14(21-19(22)26)20-17(25)12-6-4-3-5-7-12/h2-9,13,15-16,18,23-24H,1,10-11H2,(H,20,21,25,26)/t13-,15?,16?,18-/m1/s1. The molecule has 3 rings (SSSR count). The smallest absolute Gasteiger partial charge is 0.351 e. The Morgan fingerprint density at radius 1 is 1.36 bits per heavy atom. The van der Waals surface area contributed by atoms with E-state index in [1.54, 1.807) is 30.3 Å². The van der Waals surface area contributed by atoms with Gasteiger partial charge in [0.2, 0.25) is 0 Å². The lowest BCUT2D eigenvalue weighted by Gasteiger charge is -2.21. The van der Waals surface area contributed by atoms with Gasteiger partial charge in [0, 0.05) is 11.8 Å². The van der Waals surface area contributed by atoms with Crippen LogP contribution in [0.2, 0.25) is 0 Å². The van der Waals surface area contributed by atoms with E-state index in [0.29, 0.717) is 5.56 Å². The van der Waals surface area contributed by atoms with Gasteiger partial charge in [-0.25, -0.2) is 4.79 Å². The van der Waals surface area contributed by atoms with Gasteiger partial charge in [-0.2, -0.15) is 4.98 Å². The third kappa shape index (κ3) is 4.18. The summed E-state index contributed by atoms with van der Waals surface area (Å²) < 4.78 is 12.2. The Labute approximate surface area is 160 Å². The molecular weight excluding hydrogens is 366 g/mol. The van der Waals surface area contributed by atoms with E-state index in [4.69, 9.17) is 9.47 Å². The van der Waals surface area contributed by atoms with Crippen molar-refractivity contribution in [1.29, 1.82) is 0 Å². The van der Waals surface area contributed by atoms with Crippen LogP contribution in [0.15, 0.2) is 60.0 Å². The van der Waals surface area contributed by atoms with Crippen LogP contribution >= 0.6 is 0 Å². The summed E-state index contributed by atoms with van der Waals surface area (Å²) in [5.41, 5.74) is -0.270. The van der Waals surface area contributed by atoms with E-state index in [-0.39, 0.29) is 12.4 Å². The maximum absolute atomic E-state index is 12.5. The van der Waals surface area contributed by atoms with Gasteiger partial charge in [-0.3, -0.25) is 9.36 Å². The molecule has 2 unspecified atom stereocenters. The summed E-state index contributed by atoms with van der Waals surface area (Å²) >= 11 is 0. The van der Waals surface area contributed by atoms with E-state index in [1.807, 2.05) is 0 Å². The van der Waals surface area contributed by atoms with Crippen molar-refractivity contribution in [3.8, 4) is 0 Å². The van der Waals surface area contributed by atoms with E-state index >= 15 is 0 Å². The van der Waals surface area contributed by atoms with Crippen LogP contribution in [0.1, 0.15) is 16.6 Å². The van der Waals surface area contributed by atoms with Crippen LogP contribution in [0.4, 0.5) is 5.82 Å². The second-order valence-corrected chi connectivity index (χ2v) is 6.15. The van der Waals surface area contributed by atoms with Gasteiger partial charge in [0.15, 0.2) is 6.23 Å². The molecule has 1 aliphatic heterocycles. The molecule has 9 nitrogen and oxygen atoms in total. The number of carbonyl (C=O) groups excluding carboxylic acids is 1. The SMILES string of the molecule is C=CCOC1C(O)[C@@H](CO)O[C@H]1n1ccc(NC(=O)c2ccccc2)nc1=O. The highest BCUT2D eigenvalue weighted by Gasteiger charge is 2.45. The first-order valence-electron chi connectivity index (χ1n) is 8.67. The van der Waals surface area contributed by atoms with E-state index in [1.165, 1.54) is 18.3 Å². The van der Waals surface area contributed by atoms with Gasteiger partial charge in [-0.05, 0) is 18.2 Å². The molecule has 148 valence electrons. The minimum absolute atomic E-state index is 0.0796. The van der Waals surface area contributed by atoms with Crippen LogP contribution < -0.4 is 11.0 Å². The average molecular weight is 387 g/mol. The fourth-order valence-corrected chi connectivity index (χ4v) is 2.91. The molecule has 4 atom stereocenters. The van der Waals surface area contributed by atoms with Gasteiger partial charge in [-0.15, -0.1) is 6.58 Å². The Hall–Kier alpha value is -2.85. The van der Waals surface area contributed by atoms with Crippen molar-refractivity contribution in [1.82, 2.24) is 9.55 Å². The summed E-state index contributed by atoms with van der Waals surface area (Å²) in [7, 11) is 0. The first-order valence-corrected chi connectivity index (χ1v) is 8.67. The summed E-state index contributed by atoms with van der Waals surface area (Å²) in [4.78, 5) is 28.5. The van der Waals surface area contributed by atoms with Crippen LogP contribution in [-0.4, -0.2) is 57.2 Å². The lowest BCUT2D eigenvalue weighted by molar-refractivity contribution is -0.0685. The number of anilines is 1. The molecule has 2 heterocycles. The number of amides is 1. The Morgan fingerprint density at radius 2 is 2.11 bits per heavy atom. The number of nitrogens with zero attached hydrogens (tertiary/aromatic N) is 2. The van der Waals surface area contributed by atoms with Gasteiger partial charge < -0.3 is 25.0 Å². The van der Waals surface area contributed by atoms with Crippen LogP contribution in [0.25, 0.3) is 0 Å². The number of hydrogen-bond acceptors (Lipinski definition) is 7. The van der Waals surface area contributed by atoms with Crippen molar-refractivity contribution < 1.29 is 24.5 Å². The predicted octanol–water partition coefficient (Wildman–Crippen LogP) is 0.317. The van der Waals surface area contributed by atoms with Crippen LogP contribution in [0.3, 0.4) is 0 Å². The second kappa shape index (κ2) is 8.89. The topological polar surface area (TPSA) is 123 Å². The molecule has 9 heteroatoms. The zero-order chi connectivity index (χ0) is 20.1. The fourth-order valence-electron chi connectivity index (χ4n) is 2.91. The highest BCUT2D eigenvalue weighted by atomic mass is 16.6. The van der Waals surface area contributed by atoms with Crippen molar-refractivity contribution in [3.05, 3.63) is 71.3 Å². The molecule has 1 amide bonds. The fraction of sp³-hybridized carbons (Fsp3) is 0.316. The molecule has 0 aliphatic carbocycles. The van der Waals surface area contributed by atoms with Crippen molar-refractivity contribution in [2.24, 2.45) is 0 Å². The zero-order valence-corrected chi connectivity index (χ0v) is 15.0.